The summed E-state index contributed by atoms with van der Waals surface area (Å²) in [6, 6.07) is 10.1. The molecule has 2 aromatic heterocycles. The van der Waals surface area contributed by atoms with Gasteiger partial charge in [0.05, 0.1) is 20.3 Å². The van der Waals surface area contributed by atoms with Crippen LogP contribution in [0.15, 0.2) is 41.8 Å². The third-order valence-corrected chi connectivity index (χ3v) is 4.21. The summed E-state index contributed by atoms with van der Waals surface area (Å²) in [7, 11) is 2.90. The zero-order valence-electron chi connectivity index (χ0n) is 13.4. The highest BCUT2D eigenvalue weighted by Gasteiger charge is 2.20. The highest BCUT2D eigenvalue weighted by molar-refractivity contribution is 7.13. The molecule has 0 unspecified atom stereocenters. The Labute approximate surface area is 147 Å². The molecule has 0 radical (unpaired) electrons. The van der Waals surface area contributed by atoms with Gasteiger partial charge in [0.15, 0.2) is 0 Å². The second-order valence-corrected chi connectivity index (χ2v) is 5.75. The van der Waals surface area contributed by atoms with E-state index in [1.165, 1.54) is 31.6 Å². The number of benzene rings is 1. The van der Waals surface area contributed by atoms with E-state index in [4.69, 9.17) is 14.2 Å². The molecule has 3 aromatic rings. The summed E-state index contributed by atoms with van der Waals surface area (Å²) in [6.45, 7) is 0. The number of nitrogens with zero attached hydrogens (tertiary/aromatic N) is 2. The first kappa shape index (κ1) is 16.7. The van der Waals surface area contributed by atoms with Crippen molar-refractivity contribution in [1.82, 2.24) is 9.97 Å². The summed E-state index contributed by atoms with van der Waals surface area (Å²) in [6.07, 6.45) is 0. The molecule has 8 heteroatoms. The van der Waals surface area contributed by atoms with Crippen LogP contribution in [0.5, 0.6) is 23.5 Å². The highest BCUT2D eigenvalue weighted by atomic mass is 32.1. The summed E-state index contributed by atoms with van der Waals surface area (Å²) < 4.78 is 15.8. The van der Waals surface area contributed by atoms with Crippen LogP contribution in [0, 0.1) is 0 Å². The van der Waals surface area contributed by atoms with Crippen LogP contribution in [-0.2, 0) is 0 Å². The Kier molecular flexibility index (Phi) is 4.80. The van der Waals surface area contributed by atoms with Crippen molar-refractivity contribution in [2.75, 3.05) is 14.2 Å². The number of hydrogen-bond acceptors (Lipinski definition) is 7. The molecule has 1 aromatic carbocycles. The third-order valence-electron chi connectivity index (χ3n) is 3.30. The van der Waals surface area contributed by atoms with Crippen LogP contribution in [0.3, 0.4) is 0 Å². The first-order chi connectivity index (χ1) is 12.1. The minimum Gasteiger partial charge on any atom is -0.481 e. The fraction of sp³-hybridized carbons (Fsp3) is 0.118. The van der Waals surface area contributed by atoms with Crippen LogP contribution < -0.4 is 14.2 Å². The number of ether oxygens (including phenoxy) is 3. The summed E-state index contributed by atoms with van der Waals surface area (Å²) in [5, 5.41) is 11.5. The van der Waals surface area contributed by atoms with E-state index < -0.39 is 5.97 Å². The minimum atomic E-state index is -1.10. The fourth-order valence-electron chi connectivity index (χ4n) is 2.21. The maximum Gasteiger partial charge on any atom is 0.340 e. The molecule has 0 bridgehead atoms. The summed E-state index contributed by atoms with van der Waals surface area (Å²) in [5.41, 5.74) is 0.602. The van der Waals surface area contributed by atoms with E-state index >= 15 is 0 Å². The predicted molar refractivity (Wildman–Crippen MR) is 91.9 cm³/mol. The second kappa shape index (κ2) is 7.18. The summed E-state index contributed by atoms with van der Waals surface area (Å²) >= 11 is 1.44. The topological polar surface area (TPSA) is 90.8 Å². The Morgan fingerprint density at radius 2 is 1.80 bits per heavy atom. The molecule has 0 amide bonds. The average molecular weight is 358 g/mol. The first-order valence-corrected chi connectivity index (χ1v) is 8.05. The van der Waals surface area contributed by atoms with Crippen molar-refractivity contribution in [2.24, 2.45) is 0 Å². The van der Waals surface area contributed by atoms with Gasteiger partial charge < -0.3 is 19.3 Å². The number of carboxylic acid groups (broad SMARTS) is 1. The molecule has 0 aliphatic rings. The van der Waals surface area contributed by atoms with Gasteiger partial charge in [-0.1, -0.05) is 18.2 Å². The second-order valence-electron chi connectivity index (χ2n) is 4.80. The Hall–Kier alpha value is -3.13. The molecule has 0 fully saturated rings. The molecule has 0 aliphatic carbocycles. The summed E-state index contributed by atoms with van der Waals surface area (Å²) in [5.74, 6) is -0.483. The Morgan fingerprint density at radius 1 is 1.08 bits per heavy atom. The fourth-order valence-corrected chi connectivity index (χ4v) is 2.97. The van der Waals surface area contributed by atoms with E-state index in [0.717, 1.165) is 4.88 Å². The van der Waals surface area contributed by atoms with E-state index in [0.29, 0.717) is 5.56 Å². The number of aromatic nitrogens is 2. The number of methoxy groups -OCH3 is 2. The highest BCUT2D eigenvalue weighted by Crippen LogP contribution is 2.35. The molecular weight excluding hydrogens is 344 g/mol. The number of aromatic carboxylic acids is 1. The van der Waals surface area contributed by atoms with E-state index in [2.05, 4.69) is 9.97 Å². The van der Waals surface area contributed by atoms with Crippen molar-refractivity contribution in [3.8, 4) is 34.0 Å². The van der Waals surface area contributed by atoms with E-state index in [1.807, 2.05) is 17.5 Å². The molecule has 25 heavy (non-hydrogen) atoms. The van der Waals surface area contributed by atoms with Gasteiger partial charge in [0.2, 0.25) is 11.8 Å². The molecule has 3 rings (SSSR count). The number of hydrogen-bond donors (Lipinski definition) is 1. The zero-order valence-corrected chi connectivity index (χ0v) is 14.2. The van der Waals surface area contributed by atoms with Crippen molar-refractivity contribution in [3.05, 3.63) is 47.3 Å². The number of rotatable bonds is 6. The smallest absolute Gasteiger partial charge is 0.340 e. The van der Waals surface area contributed by atoms with E-state index in [-0.39, 0.29) is 29.1 Å². The van der Waals surface area contributed by atoms with Crippen molar-refractivity contribution in [2.45, 2.75) is 0 Å². The Bertz CT molecular complexity index is 874. The number of thiophene rings is 1. The van der Waals surface area contributed by atoms with Gasteiger partial charge >= 0.3 is 12.0 Å². The van der Waals surface area contributed by atoms with Gasteiger partial charge in [0.25, 0.3) is 0 Å². The van der Waals surface area contributed by atoms with Gasteiger partial charge in [-0.3, -0.25) is 0 Å². The zero-order chi connectivity index (χ0) is 17.8. The molecule has 0 saturated heterocycles. The number of carboxylic acids is 1. The lowest BCUT2D eigenvalue weighted by atomic mass is 10.1. The van der Waals surface area contributed by atoms with Crippen LogP contribution >= 0.6 is 11.3 Å². The standard InChI is InChI=1S/C17H14N2O5S/c1-22-13-9-14(23-2)19-17(18-13)24-11-6-3-5-10(15(11)16(20)21)12-7-4-8-25-12/h3-9H,1-2H3,(H,20,21). The molecule has 2 heterocycles. The molecule has 0 aliphatic heterocycles. The maximum absolute atomic E-state index is 11.8. The maximum atomic E-state index is 11.8. The van der Waals surface area contributed by atoms with Crippen LogP contribution in [0.4, 0.5) is 0 Å². The third kappa shape index (κ3) is 3.53. The van der Waals surface area contributed by atoms with Gasteiger partial charge in [-0.15, -0.1) is 11.3 Å². The summed E-state index contributed by atoms with van der Waals surface area (Å²) in [4.78, 5) is 20.8. The SMILES string of the molecule is COc1cc(OC)nc(Oc2cccc(-c3cccs3)c2C(=O)O)n1. The Balaban J connectivity index is 2.06. The van der Waals surface area contributed by atoms with E-state index in [9.17, 15) is 9.90 Å². The molecule has 1 N–H and O–H groups in total. The van der Waals surface area contributed by atoms with Crippen molar-refractivity contribution < 1.29 is 24.1 Å². The van der Waals surface area contributed by atoms with E-state index in [1.54, 1.807) is 18.2 Å². The van der Waals surface area contributed by atoms with Crippen LogP contribution in [0.2, 0.25) is 0 Å². The van der Waals surface area contributed by atoms with Crippen molar-refractivity contribution in [1.29, 1.82) is 0 Å². The van der Waals surface area contributed by atoms with Gasteiger partial charge in [-0.05, 0) is 17.5 Å². The van der Waals surface area contributed by atoms with Crippen LogP contribution in [0.25, 0.3) is 10.4 Å². The molecule has 0 saturated carbocycles. The monoisotopic (exact) mass is 358 g/mol. The van der Waals surface area contributed by atoms with Crippen LogP contribution in [-0.4, -0.2) is 35.3 Å². The quantitative estimate of drug-likeness (QED) is 0.718. The van der Waals surface area contributed by atoms with Gasteiger partial charge in [-0.25, -0.2) is 4.79 Å². The lowest BCUT2D eigenvalue weighted by Gasteiger charge is -2.12. The molecular formula is C17H14N2O5S. The van der Waals surface area contributed by atoms with Crippen molar-refractivity contribution in [3.63, 3.8) is 0 Å². The van der Waals surface area contributed by atoms with Crippen molar-refractivity contribution >= 4 is 17.3 Å². The lowest BCUT2D eigenvalue weighted by Crippen LogP contribution is -2.04. The number of carbonyl (C=O) groups is 1. The first-order valence-electron chi connectivity index (χ1n) is 7.17. The van der Waals surface area contributed by atoms with Gasteiger partial charge in [0, 0.05) is 10.4 Å². The predicted octanol–water partition coefficient (Wildman–Crippen LogP) is 3.71. The minimum absolute atomic E-state index is 0.0373. The Morgan fingerprint density at radius 3 is 2.36 bits per heavy atom. The molecule has 0 spiro atoms. The van der Waals surface area contributed by atoms with Gasteiger partial charge in [-0.2, -0.15) is 9.97 Å². The normalized spacial score (nSPS) is 10.3. The lowest BCUT2D eigenvalue weighted by molar-refractivity contribution is 0.0695. The average Bonchev–Trinajstić information content (AvgIpc) is 3.15. The molecule has 0 atom stereocenters. The molecule has 7 nitrogen and oxygen atoms in total. The van der Waals surface area contributed by atoms with Crippen LogP contribution in [0.1, 0.15) is 10.4 Å². The van der Waals surface area contributed by atoms with Gasteiger partial charge in [0.1, 0.15) is 11.3 Å². The largest absolute Gasteiger partial charge is 0.481 e. The molecule has 128 valence electrons.